The molecule has 0 bridgehead atoms. The zero-order valence-corrected chi connectivity index (χ0v) is 24.0. The first-order chi connectivity index (χ1) is 20.4. The number of carboxylic acid groups (broad SMARTS) is 1. The molecule has 1 N–H and O–H groups in total. The number of piperidine rings is 1. The molecule has 0 spiro atoms. The fourth-order valence-corrected chi connectivity index (χ4v) is 5.82. The lowest BCUT2D eigenvalue weighted by molar-refractivity contribution is 0.0697. The summed E-state index contributed by atoms with van der Waals surface area (Å²) < 4.78 is 26.1. The second kappa shape index (κ2) is 12.0. The maximum atomic E-state index is 14.1. The molecule has 1 saturated heterocycles. The number of aryl methyl sites for hydroxylation is 1. The van der Waals surface area contributed by atoms with Crippen molar-refractivity contribution in [1.29, 1.82) is 0 Å². The number of hydrogen-bond acceptors (Lipinski definition) is 5. The van der Waals surface area contributed by atoms with E-state index in [1.54, 1.807) is 30.5 Å². The normalized spacial score (nSPS) is 14.5. The number of fused-ring (bicyclic) bond motifs is 1. The van der Waals surface area contributed by atoms with E-state index >= 15 is 0 Å². The molecule has 5 heterocycles. The fraction of sp³-hybridized carbons (Fsp3) is 0.323. The summed E-state index contributed by atoms with van der Waals surface area (Å²) in [6.07, 6.45) is 9.30. The van der Waals surface area contributed by atoms with Crippen molar-refractivity contribution >= 4 is 23.2 Å². The minimum Gasteiger partial charge on any atom is -0.478 e. The summed E-state index contributed by atoms with van der Waals surface area (Å²) in [5, 5.41) is 9.88. The average molecular weight is 591 g/mol. The monoisotopic (exact) mass is 590 g/mol. The second-order valence-corrected chi connectivity index (χ2v) is 11.1. The number of halogens is 2. The minimum atomic E-state index is -0.937. The lowest BCUT2D eigenvalue weighted by Gasteiger charge is -2.32. The zero-order valence-electron chi connectivity index (χ0n) is 23.3. The highest BCUT2D eigenvalue weighted by Crippen LogP contribution is 2.29. The lowest BCUT2D eigenvalue weighted by Crippen LogP contribution is -2.33. The van der Waals surface area contributed by atoms with Crippen molar-refractivity contribution < 1.29 is 19.0 Å². The van der Waals surface area contributed by atoms with Crippen molar-refractivity contribution in [2.45, 2.75) is 51.9 Å². The van der Waals surface area contributed by atoms with E-state index in [1.165, 1.54) is 6.07 Å². The summed E-state index contributed by atoms with van der Waals surface area (Å²) in [4.78, 5) is 23.1. The van der Waals surface area contributed by atoms with Gasteiger partial charge in [-0.05, 0) is 57.1 Å². The Morgan fingerprint density at radius 2 is 1.95 bits per heavy atom. The van der Waals surface area contributed by atoms with Gasteiger partial charge < -0.3 is 23.4 Å². The van der Waals surface area contributed by atoms with Gasteiger partial charge in [0, 0.05) is 59.9 Å². The van der Waals surface area contributed by atoms with E-state index in [0.29, 0.717) is 28.9 Å². The van der Waals surface area contributed by atoms with Crippen molar-refractivity contribution in [3.63, 3.8) is 0 Å². The van der Waals surface area contributed by atoms with Crippen molar-refractivity contribution in [3.8, 4) is 5.88 Å². The van der Waals surface area contributed by atoms with Gasteiger partial charge >= 0.3 is 5.97 Å². The van der Waals surface area contributed by atoms with Crippen molar-refractivity contribution in [3.05, 3.63) is 106 Å². The number of pyridine rings is 1. The van der Waals surface area contributed by atoms with Crippen LogP contribution < -0.4 is 4.74 Å². The molecule has 0 aliphatic carbocycles. The highest BCUT2D eigenvalue weighted by Gasteiger charge is 2.24. The number of imidazole rings is 2. The Bertz CT molecular complexity index is 1720. The molecule has 0 atom stereocenters. The molecule has 5 aromatic rings. The molecule has 4 aromatic heterocycles. The number of ether oxygens (including phenoxy) is 1. The molecule has 9 nitrogen and oxygen atoms in total. The Hall–Kier alpha value is -4.15. The quantitative estimate of drug-likeness (QED) is 0.219. The van der Waals surface area contributed by atoms with Gasteiger partial charge in [0.1, 0.15) is 18.1 Å². The van der Waals surface area contributed by atoms with E-state index in [0.717, 1.165) is 61.7 Å². The Morgan fingerprint density at radius 1 is 1.12 bits per heavy atom. The SMILES string of the molecule is CCn1cncc1Cn1c(CN2CCC(c3cccc(OCc4ccc(Cl)cc4F)n3)CC2)cn2cc(C(=O)O)cc12. The van der Waals surface area contributed by atoms with Crippen LogP contribution in [0.15, 0.2) is 67.4 Å². The first-order valence-electron chi connectivity index (χ1n) is 14.1. The van der Waals surface area contributed by atoms with E-state index in [4.69, 9.17) is 21.3 Å². The van der Waals surface area contributed by atoms with Gasteiger partial charge in [-0.25, -0.2) is 19.2 Å². The predicted octanol–water partition coefficient (Wildman–Crippen LogP) is 5.85. The fourth-order valence-electron chi connectivity index (χ4n) is 5.66. The molecule has 1 aromatic carbocycles. The number of aromatic nitrogens is 5. The summed E-state index contributed by atoms with van der Waals surface area (Å²) in [7, 11) is 0. The molecular formula is C31H32ClFN6O3. The van der Waals surface area contributed by atoms with Crippen LogP contribution >= 0.6 is 11.6 Å². The standard InChI is InChI=1S/C31H32ClFN6O3/c1-2-37-20-34-14-25(37)18-39-26(17-38-15-23(31(40)41)12-30(38)39)16-36-10-8-21(9-11-36)28-4-3-5-29(35-28)42-19-22-6-7-24(32)13-27(22)33/h3-7,12-15,17,20-21H,2,8-11,16,18-19H2,1H3,(H,40,41). The van der Waals surface area contributed by atoms with Crippen LogP contribution in [0.3, 0.4) is 0 Å². The molecule has 42 heavy (non-hydrogen) atoms. The third-order valence-corrected chi connectivity index (χ3v) is 8.21. The molecule has 1 fully saturated rings. The number of benzene rings is 1. The number of carboxylic acids is 1. The molecule has 1 aliphatic rings. The van der Waals surface area contributed by atoms with Crippen LogP contribution in [0.4, 0.5) is 4.39 Å². The Morgan fingerprint density at radius 3 is 2.71 bits per heavy atom. The summed E-state index contributed by atoms with van der Waals surface area (Å²) >= 11 is 5.85. The number of hydrogen-bond donors (Lipinski definition) is 1. The van der Waals surface area contributed by atoms with Crippen LogP contribution in [-0.2, 0) is 26.2 Å². The molecule has 6 rings (SSSR count). The van der Waals surface area contributed by atoms with Gasteiger partial charge in [-0.1, -0.05) is 23.7 Å². The van der Waals surface area contributed by atoms with E-state index in [2.05, 4.69) is 25.9 Å². The van der Waals surface area contributed by atoms with Gasteiger partial charge in [-0.15, -0.1) is 0 Å². The van der Waals surface area contributed by atoms with Crippen LogP contribution in [0.25, 0.3) is 5.65 Å². The number of rotatable bonds is 10. The Labute approximate surface area is 247 Å². The molecule has 0 saturated carbocycles. The zero-order chi connectivity index (χ0) is 29.2. The molecule has 0 radical (unpaired) electrons. The molecule has 0 unspecified atom stereocenters. The van der Waals surface area contributed by atoms with E-state index in [1.807, 2.05) is 35.3 Å². The number of carbonyl (C=O) groups is 1. The lowest BCUT2D eigenvalue weighted by atomic mass is 9.93. The van der Waals surface area contributed by atoms with Crippen molar-refractivity contribution in [2.24, 2.45) is 0 Å². The van der Waals surface area contributed by atoms with Gasteiger partial charge in [0.2, 0.25) is 5.88 Å². The van der Waals surface area contributed by atoms with E-state index < -0.39 is 11.8 Å². The predicted molar refractivity (Wildman–Crippen MR) is 157 cm³/mol. The molecule has 1 aliphatic heterocycles. The van der Waals surface area contributed by atoms with Gasteiger partial charge in [-0.3, -0.25) is 4.90 Å². The van der Waals surface area contributed by atoms with Crippen LogP contribution in [0.5, 0.6) is 5.88 Å². The van der Waals surface area contributed by atoms with Gasteiger partial charge in [-0.2, -0.15) is 0 Å². The number of nitrogens with zero attached hydrogens (tertiary/aromatic N) is 6. The summed E-state index contributed by atoms with van der Waals surface area (Å²) in [5.74, 6) is -0.553. The highest BCUT2D eigenvalue weighted by molar-refractivity contribution is 6.30. The van der Waals surface area contributed by atoms with E-state index in [-0.39, 0.29) is 12.2 Å². The third kappa shape index (κ3) is 5.91. The first kappa shape index (κ1) is 28.0. The topological polar surface area (TPSA) is 89.8 Å². The second-order valence-electron chi connectivity index (χ2n) is 10.7. The van der Waals surface area contributed by atoms with Crippen molar-refractivity contribution in [2.75, 3.05) is 13.1 Å². The Kier molecular flexibility index (Phi) is 7.99. The maximum absolute atomic E-state index is 14.1. The minimum absolute atomic E-state index is 0.0825. The molecular weight excluding hydrogens is 559 g/mol. The summed E-state index contributed by atoms with van der Waals surface area (Å²) in [5.41, 5.74) is 4.72. The average Bonchev–Trinajstić information content (AvgIpc) is 3.69. The summed E-state index contributed by atoms with van der Waals surface area (Å²) in [6, 6.07) is 12.0. The Balaban J connectivity index is 1.12. The van der Waals surface area contributed by atoms with Gasteiger partial charge in [0.05, 0.1) is 29.8 Å². The van der Waals surface area contributed by atoms with Gasteiger partial charge in [0.25, 0.3) is 0 Å². The third-order valence-electron chi connectivity index (χ3n) is 7.97. The van der Waals surface area contributed by atoms with Crippen LogP contribution in [0.2, 0.25) is 5.02 Å². The van der Waals surface area contributed by atoms with Crippen molar-refractivity contribution in [1.82, 2.24) is 28.4 Å². The maximum Gasteiger partial charge on any atom is 0.337 e. The smallest absolute Gasteiger partial charge is 0.337 e. The van der Waals surface area contributed by atoms with Crippen LogP contribution in [0, 0.1) is 5.82 Å². The highest BCUT2D eigenvalue weighted by atomic mass is 35.5. The van der Waals surface area contributed by atoms with Crippen LogP contribution in [-0.4, -0.2) is 52.6 Å². The molecule has 0 amide bonds. The largest absolute Gasteiger partial charge is 0.478 e. The van der Waals surface area contributed by atoms with Gasteiger partial charge in [0.15, 0.2) is 0 Å². The molecule has 11 heteroatoms. The summed E-state index contributed by atoms with van der Waals surface area (Å²) in [6.45, 7) is 6.14. The number of likely N-dealkylation sites (tertiary alicyclic amines) is 1. The first-order valence-corrected chi connectivity index (χ1v) is 14.4. The molecule has 218 valence electrons. The van der Waals surface area contributed by atoms with E-state index in [9.17, 15) is 14.3 Å². The number of aromatic carboxylic acids is 1. The van der Waals surface area contributed by atoms with Crippen LogP contribution in [0.1, 0.15) is 58.7 Å².